The molecule has 0 heterocycles. The molecule has 0 aromatic carbocycles. The average Bonchev–Trinajstić information content (AvgIpc) is 2.21. The Kier molecular flexibility index (Phi) is 8.06. The maximum Gasteiger partial charge on any atom is 0.331 e. The minimum Gasteiger partial charge on any atom is -0.478 e. The van der Waals surface area contributed by atoms with Gasteiger partial charge in [-0.2, -0.15) is 0 Å². The molecule has 0 bridgehead atoms. The third-order valence-electron chi connectivity index (χ3n) is 2.70. The topological polar surface area (TPSA) is 37.3 Å². The molecule has 2 heteroatoms. The third kappa shape index (κ3) is 5.60. The molecule has 0 aliphatic rings. The molecular weight excluding hydrogens is 188 g/mol. The van der Waals surface area contributed by atoms with Gasteiger partial charge in [-0.05, 0) is 32.1 Å². The van der Waals surface area contributed by atoms with Crippen LogP contribution in [0.3, 0.4) is 0 Å². The number of aliphatic carboxylic acids is 1. The molecule has 0 aliphatic heterocycles. The van der Waals surface area contributed by atoms with E-state index >= 15 is 0 Å². The van der Waals surface area contributed by atoms with Crippen LogP contribution in [0.2, 0.25) is 0 Å². The maximum atomic E-state index is 11.0. The van der Waals surface area contributed by atoms with Crippen LogP contribution in [-0.2, 0) is 4.79 Å². The fraction of sp³-hybridized carbons (Fsp3) is 0.769. The van der Waals surface area contributed by atoms with Gasteiger partial charge in [-0.1, -0.05) is 39.2 Å². The van der Waals surface area contributed by atoms with Crippen molar-refractivity contribution < 1.29 is 9.90 Å². The predicted molar refractivity (Wildman–Crippen MR) is 64.0 cm³/mol. The number of carboxylic acids is 1. The van der Waals surface area contributed by atoms with Gasteiger partial charge in [0, 0.05) is 5.57 Å². The summed E-state index contributed by atoms with van der Waals surface area (Å²) in [6, 6.07) is 0. The Balaban J connectivity index is 4.59. The lowest BCUT2D eigenvalue weighted by molar-refractivity contribution is -0.132. The molecule has 2 nitrogen and oxygen atoms in total. The quantitative estimate of drug-likeness (QED) is 0.613. The van der Waals surface area contributed by atoms with Crippen molar-refractivity contribution >= 4 is 5.97 Å². The van der Waals surface area contributed by atoms with Crippen LogP contribution in [0.5, 0.6) is 0 Å². The van der Waals surface area contributed by atoms with E-state index in [0.717, 1.165) is 38.5 Å². The second kappa shape index (κ2) is 8.51. The molecular formula is C13H24O2. The SMILES string of the molecule is CCCCC(CCCC)=C(CC)C(=O)O. The molecule has 0 amide bonds. The van der Waals surface area contributed by atoms with Gasteiger partial charge in [-0.3, -0.25) is 0 Å². The van der Waals surface area contributed by atoms with Gasteiger partial charge >= 0.3 is 5.97 Å². The predicted octanol–water partition coefficient (Wildman–Crippen LogP) is 4.16. The highest BCUT2D eigenvalue weighted by atomic mass is 16.4. The summed E-state index contributed by atoms with van der Waals surface area (Å²) in [6.45, 7) is 6.22. The van der Waals surface area contributed by atoms with Gasteiger partial charge in [-0.25, -0.2) is 4.79 Å². The van der Waals surface area contributed by atoms with Crippen LogP contribution in [0.1, 0.15) is 65.7 Å². The van der Waals surface area contributed by atoms with E-state index in [0.29, 0.717) is 12.0 Å². The second-order valence-corrected chi connectivity index (χ2v) is 3.95. The van der Waals surface area contributed by atoms with E-state index < -0.39 is 5.97 Å². The van der Waals surface area contributed by atoms with Crippen LogP contribution in [0, 0.1) is 0 Å². The van der Waals surface area contributed by atoms with Crippen molar-refractivity contribution in [1.29, 1.82) is 0 Å². The molecule has 0 saturated heterocycles. The number of unbranched alkanes of at least 4 members (excludes halogenated alkanes) is 2. The van der Waals surface area contributed by atoms with Gasteiger partial charge in [0.15, 0.2) is 0 Å². The van der Waals surface area contributed by atoms with Crippen LogP contribution in [0.25, 0.3) is 0 Å². The van der Waals surface area contributed by atoms with Crippen LogP contribution in [0.15, 0.2) is 11.1 Å². The Hall–Kier alpha value is -0.790. The molecule has 0 aromatic rings. The summed E-state index contributed by atoms with van der Waals surface area (Å²) in [5.41, 5.74) is 1.82. The normalized spacial score (nSPS) is 10.1. The Morgan fingerprint density at radius 3 is 1.73 bits per heavy atom. The largest absolute Gasteiger partial charge is 0.478 e. The lowest BCUT2D eigenvalue weighted by atomic mass is 9.96. The molecule has 0 aliphatic carbocycles. The van der Waals surface area contributed by atoms with Gasteiger partial charge in [0.1, 0.15) is 0 Å². The average molecular weight is 212 g/mol. The zero-order chi connectivity index (χ0) is 11.7. The Morgan fingerprint density at radius 1 is 1.00 bits per heavy atom. The second-order valence-electron chi connectivity index (χ2n) is 3.95. The minimum absolute atomic E-state index is 0.650. The van der Waals surface area contributed by atoms with Crippen molar-refractivity contribution in [3.8, 4) is 0 Å². The lowest BCUT2D eigenvalue weighted by Crippen LogP contribution is -2.04. The van der Waals surface area contributed by atoms with E-state index in [-0.39, 0.29) is 0 Å². The maximum absolute atomic E-state index is 11.0. The zero-order valence-electron chi connectivity index (χ0n) is 10.3. The number of hydrogen-bond acceptors (Lipinski definition) is 1. The van der Waals surface area contributed by atoms with Gasteiger partial charge in [-0.15, -0.1) is 0 Å². The first-order valence-corrected chi connectivity index (χ1v) is 6.11. The summed E-state index contributed by atoms with van der Waals surface area (Å²) in [7, 11) is 0. The molecule has 0 saturated carbocycles. The van der Waals surface area contributed by atoms with Gasteiger partial charge in [0.25, 0.3) is 0 Å². The minimum atomic E-state index is -0.722. The molecule has 15 heavy (non-hydrogen) atoms. The number of hydrogen-bond donors (Lipinski definition) is 1. The van der Waals surface area contributed by atoms with E-state index in [2.05, 4.69) is 13.8 Å². The van der Waals surface area contributed by atoms with Crippen molar-refractivity contribution in [2.24, 2.45) is 0 Å². The summed E-state index contributed by atoms with van der Waals surface area (Å²) in [6.07, 6.45) is 7.06. The summed E-state index contributed by atoms with van der Waals surface area (Å²) < 4.78 is 0. The fourth-order valence-corrected chi connectivity index (χ4v) is 1.76. The number of allylic oxidation sites excluding steroid dienone is 1. The fourth-order valence-electron chi connectivity index (χ4n) is 1.76. The van der Waals surface area contributed by atoms with Gasteiger partial charge in [0.05, 0.1) is 0 Å². The van der Waals surface area contributed by atoms with E-state index in [9.17, 15) is 4.79 Å². The standard InChI is InChI=1S/C13H24O2/c1-4-7-9-11(10-8-5-2)12(6-3)13(14)15/h4-10H2,1-3H3,(H,14,15). The van der Waals surface area contributed by atoms with E-state index in [4.69, 9.17) is 5.11 Å². The van der Waals surface area contributed by atoms with Crippen molar-refractivity contribution in [3.63, 3.8) is 0 Å². The van der Waals surface area contributed by atoms with Gasteiger partial charge in [0.2, 0.25) is 0 Å². The summed E-state index contributed by atoms with van der Waals surface area (Å²) in [5.74, 6) is -0.722. The first-order valence-electron chi connectivity index (χ1n) is 6.11. The molecule has 0 atom stereocenters. The molecule has 0 rings (SSSR count). The van der Waals surface area contributed by atoms with E-state index in [1.54, 1.807) is 0 Å². The van der Waals surface area contributed by atoms with Crippen molar-refractivity contribution in [2.45, 2.75) is 65.7 Å². The Labute approximate surface area is 93.4 Å². The smallest absolute Gasteiger partial charge is 0.331 e. The third-order valence-corrected chi connectivity index (χ3v) is 2.70. The van der Waals surface area contributed by atoms with E-state index in [1.165, 1.54) is 5.57 Å². The Morgan fingerprint density at radius 2 is 1.47 bits per heavy atom. The molecule has 88 valence electrons. The van der Waals surface area contributed by atoms with Crippen LogP contribution in [0.4, 0.5) is 0 Å². The first kappa shape index (κ1) is 14.2. The molecule has 0 unspecified atom stereocenters. The number of carboxylic acid groups (broad SMARTS) is 1. The van der Waals surface area contributed by atoms with E-state index in [1.807, 2.05) is 6.92 Å². The van der Waals surface area contributed by atoms with Crippen molar-refractivity contribution in [2.75, 3.05) is 0 Å². The zero-order valence-corrected chi connectivity index (χ0v) is 10.3. The summed E-state index contributed by atoms with van der Waals surface area (Å²) in [4.78, 5) is 11.0. The summed E-state index contributed by atoms with van der Waals surface area (Å²) >= 11 is 0. The first-order chi connectivity index (χ1) is 7.17. The highest BCUT2D eigenvalue weighted by Crippen LogP contribution is 2.21. The van der Waals surface area contributed by atoms with Gasteiger partial charge < -0.3 is 5.11 Å². The number of carbonyl (C=O) groups is 1. The highest BCUT2D eigenvalue weighted by molar-refractivity contribution is 5.87. The number of rotatable bonds is 8. The molecule has 0 fully saturated rings. The molecule has 0 radical (unpaired) electrons. The lowest BCUT2D eigenvalue weighted by Gasteiger charge is -2.10. The Bertz CT molecular complexity index is 207. The van der Waals surface area contributed by atoms with Crippen molar-refractivity contribution in [1.82, 2.24) is 0 Å². The molecule has 1 N–H and O–H groups in total. The van der Waals surface area contributed by atoms with Crippen LogP contribution >= 0.6 is 0 Å². The van der Waals surface area contributed by atoms with Crippen molar-refractivity contribution in [3.05, 3.63) is 11.1 Å². The summed E-state index contributed by atoms with van der Waals surface area (Å²) in [5, 5.41) is 9.08. The molecule has 0 spiro atoms. The molecule has 0 aromatic heterocycles. The van der Waals surface area contributed by atoms with Crippen LogP contribution < -0.4 is 0 Å². The highest BCUT2D eigenvalue weighted by Gasteiger charge is 2.11. The monoisotopic (exact) mass is 212 g/mol. The van der Waals surface area contributed by atoms with Crippen LogP contribution in [-0.4, -0.2) is 11.1 Å².